The molecule has 0 aliphatic heterocycles. The van der Waals surface area contributed by atoms with Gasteiger partial charge in [0.25, 0.3) is 0 Å². The molecule has 3 heteroatoms. The van der Waals surface area contributed by atoms with Crippen LogP contribution >= 0.6 is 0 Å². The Balaban J connectivity index is 1.03. The van der Waals surface area contributed by atoms with Crippen LogP contribution in [0.4, 0.5) is 0 Å². The molecule has 56 heavy (non-hydrogen) atoms. The van der Waals surface area contributed by atoms with Gasteiger partial charge in [0.2, 0.25) is 0 Å². The molecule has 260 valence electrons. The van der Waals surface area contributed by atoms with Gasteiger partial charge in [0.15, 0.2) is 5.82 Å². The smallest absolute Gasteiger partial charge is 0.160 e. The van der Waals surface area contributed by atoms with Crippen molar-refractivity contribution < 1.29 is 4.42 Å². The molecule has 10 aromatic rings. The van der Waals surface area contributed by atoms with Crippen molar-refractivity contribution in [3.05, 3.63) is 216 Å². The molecule has 0 fully saturated rings. The number of furan rings is 1. The lowest BCUT2D eigenvalue weighted by atomic mass is 9.70. The van der Waals surface area contributed by atoms with Gasteiger partial charge >= 0.3 is 0 Å². The topological polar surface area (TPSA) is 38.9 Å². The van der Waals surface area contributed by atoms with Gasteiger partial charge in [0.1, 0.15) is 11.2 Å². The average Bonchev–Trinajstić information content (AvgIpc) is 3.91. The van der Waals surface area contributed by atoms with Gasteiger partial charge in [-0.1, -0.05) is 176 Å². The standard InChI is InChI=1S/C53H32N2O/c1-2-13-34(14-3-1)48-32-49(55-52(54-48)35-27-25-33(26-28-35)37-19-12-20-43-42-18-7-11-24-50(42)56-51(37)43)36-29-30-41-40-17-6-10-23-46(40)53(47(41)31-36)44-21-8-4-15-38(44)39-16-5-9-22-45(39)53/h1-32H. The molecule has 0 bridgehead atoms. The molecule has 0 N–H and O–H groups in total. The minimum absolute atomic E-state index is 0.425. The fourth-order valence-electron chi connectivity index (χ4n) is 9.51. The summed E-state index contributed by atoms with van der Waals surface area (Å²) in [6.07, 6.45) is 0. The Morgan fingerprint density at radius 1 is 0.339 bits per heavy atom. The lowest BCUT2D eigenvalue weighted by molar-refractivity contribution is 0.670. The van der Waals surface area contributed by atoms with Gasteiger partial charge in [-0.2, -0.15) is 0 Å². The summed E-state index contributed by atoms with van der Waals surface area (Å²) in [5.41, 5.74) is 18.8. The van der Waals surface area contributed by atoms with E-state index in [4.69, 9.17) is 14.4 Å². The summed E-state index contributed by atoms with van der Waals surface area (Å²) >= 11 is 0. The summed E-state index contributed by atoms with van der Waals surface area (Å²) in [4.78, 5) is 10.5. The number of rotatable bonds is 4. The van der Waals surface area contributed by atoms with E-state index in [1.54, 1.807) is 0 Å². The van der Waals surface area contributed by atoms with Crippen LogP contribution in [0.5, 0.6) is 0 Å². The zero-order valence-electron chi connectivity index (χ0n) is 30.3. The molecule has 3 nitrogen and oxygen atoms in total. The average molecular weight is 713 g/mol. The number of fused-ring (bicyclic) bond motifs is 13. The number of benzene rings is 8. The van der Waals surface area contributed by atoms with Crippen LogP contribution in [0.15, 0.2) is 199 Å². The van der Waals surface area contributed by atoms with Crippen LogP contribution in [0.3, 0.4) is 0 Å². The first kappa shape index (κ1) is 31.0. The van der Waals surface area contributed by atoms with E-state index in [0.29, 0.717) is 5.82 Å². The van der Waals surface area contributed by atoms with Crippen LogP contribution in [0.1, 0.15) is 22.3 Å². The van der Waals surface area contributed by atoms with E-state index in [1.807, 2.05) is 18.2 Å². The monoisotopic (exact) mass is 712 g/mol. The van der Waals surface area contributed by atoms with Crippen molar-refractivity contribution in [3.8, 4) is 67.3 Å². The molecule has 0 amide bonds. The molecular weight excluding hydrogens is 681 g/mol. The number of aromatic nitrogens is 2. The fourth-order valence-corrected chi connectivity index (χ4v) is 9.51. The first-order chi connectivity index (χ1) is 27.8. The van der Waals surface area contributed by atoms with E-state index in [-0.39, 0.29) is 0 Å². The van der Waals surface area contributed by atoms with Crippen LogP contribution in [-0.2, 0) is 5.41 Å². The summed E-state index contributed by atoms with van der Waals surface area (Å²) in [5.74, 6) is 0.685. The van der Waals surface area contributed by atoms with E-state index in [9.17, 15) is 0 Å². The number of para-hydroxylation sites is 2. The van der Waals surface area contributed by atoms with Crippen molar-refractivity contribution in [3.63, 3.8) is 0 Å². The van der Waals surface area contributed by atoms with E-state index >= 15 is 0 Å². The van der Waals surface area contributed by atoms with Crippen LogP contribution in [0.2, 0.25) is 0 Å². The van der Waals surface area contributed by atoms with E-state index in [1.165, 1.54) is 44.5 Å². The Kier molecular flexibility index (Phi) is 6.55. The third kappa shape index (κ3) is 4.34. The van der Waals surface area contributed by atoms with E-state index < -0.39 is 5.41 Å². The summed E-state index contributed by atoms with van der Waals surface area (Å²) in [5, 5.41) is 2.25. The van der Waals surface area contributed by atoms with Gasteiger partial charge in [0, 0.05) is 33.0 Å². The second-order valence-corrected chi connectivity index (χ2v) is 14.8. The molecule has 0 unspecified atom stereocenters. The Hall–Kier alpha value is -7.36. The van der Waals surface area contributed by atoms with Gasteiger partial charge in [-0.05, 0) is 68.3 Å². The van der Waals surface area contributed by atoms with Gasteiger partial charge in [-0.15, -0.1) is 0 Å². The second kappa shape index (κ2) is 11.8. The lowest BCUT2D eigenvalue weighted by Crippen LogP contribution is -2.25. The van der Waals surface area contributed by atoms with Crippen LogP contribution in [-0.4, -0.2) is 9.97 Å². The Labute approximate surface area is 324 Å². The Bertz CT molecular complexity index is 3130. The maximum atomic E-state index is 6.38. The maximum Gasteiger partial charge on any atom is 0.160 e. The maximum absolute atomic E-state index is 6.38. The van der Waals surface area contributed by atoms with Gasteiger partial charge < -0.3 is 4.42 Å². The first-order valence-corrected chi connectivity index (χ1v) is 19.2. The minimum atomic E-state index is -0.425. The number of nitrogens with zero attached hydrogens (tertiary/aromatic N) is 2. The fraction of sp³-hybridized carbons (Fsp3) is 0.0189. The normalized spacial score (nSPS) is 13.1. The third-order valence-corrected chi connectivity index (χ3v) is 11.9. The SMILES string of the molecule is c1ccc(-c2cc(-c3ccc4c(c3)C3(c5ccccc5-c5ccccc53)c3ccccc3-4)nc(-c3ccc(-c4cccc5c4oc4ccccc45)cc3)n2)cc1. The highest BCUT2D eigenvalue weighted by atomic mass is 16.3. The van der Waals surface area contributed by atoms with Crippen molar-refractivity contribution in [2.45, 2.75) is 5.41 Å². The molecule has 1 spiro atoms. The van der Waals surface area contributed by atoms with Crippen LogP contribution in [0, 0.1) is 0 Å². The van der Waals surface area contributed by atoms with Crippen LogP contribution < -0.4 is 0 Å². The number of hydrogen-bond donors (Lipinski definition) is 0. The Morgan fingerprint density at radius 3 is 1.55 bits per heavy atom. The molecule has 12 rings (SSSR count). The highest BCUT2D eigenvalue weighted by Gasteiger charge is 2.51. The molecule has 2 aliphatic rings. The highest BCUT2D eigenvalue weighted by Crippen LogP contribution is 2.63. The summed E-state index contributed by atoms with van der Waals surface area (Å²) in [6.45, 7) is 0. The molecule has 8 aromatic carbocycles. The summed E-state index contributed by atoms with van der Waals surface area (Å²) in [7, 11) is 0. The molecular formula is C53H32N2O. The third-order valence-electron chi connectivity index (χ3n) is 11.9. The molecule has 0 saturated heterocycles. The van der Waals surface area contributed by atoms with Gasteiger partial charge in [0.05, 0.1) is 16.8 Å². The first-order valence-electron chi connectivity index (χ1n) is 19.2. The molecule has 0 atom stereocenters. The molecule has 0 saturated carbocycles. The number of hydrogen-bond acceptors (Lipinski definition) is 3. The predicted molar refractivity (Wildman–Crippen MR) is 227 cm³/mol. The molecule has 2 aliphatic carbocycles. The van der Waals surface area contributed by atoms with Crippen molar-refractivity contribution in [2.75, 3.05) is 0 Å². The predicted octanol–water partition coefficient (Wildman–Crippen LogP) is 13.4. The van der Waals surface area contributed by atoms with E-state index in [2.05, 4.69) is 176 Å². The zero-order chi connectivity index (χ0) is 36.8. The minimum Gasteiger partial charge on any atom is -0.455 e. The summed E-state index contributed by atoms with van der Waals surface area (Å²) < 4.78 is 6.38. The Morgan fingerprint density at radius 2 is 0.857 bits per heavy atom. The zero-order valence-corrected chi connectivity index (χ0v) is 30.3. The van der Waals surface area contributed by atoms with Crippen molar-refractivity contribution in [1.29, 1.82) is 0 Å². The van der Waals surface area contributed by atoms with Gasteiger partial charge in [-0.3, -0.25) is 0 Å². The van der Waals surface area contributed by atoms with E-state index in [0.717, 1.165) is 61.1 Å². The molecule has 2 aromatic heterocycles. The van der Waals surface area contributed by atoms with Crippen molar-refractivity contribution >= 4 is 21.9 Å². The molecule has 2 heterocycles. The van der Waals surface area contributed by atoms with Gasteiger partial charge in [-0.25, -0.2) is 9.97 Å². The van der Waals surface area contributed by atoms with Crippen molar-refractivity contribution in [2.24, 2.45) is 0 Å². The quantitative estimate of drug-likeness (QED) is 0.182. The molecule has 0 radical (unpaired) electrons. The van der Waals surface area contributed by atoms with Crippen LogP contribution in [0.25, 0.3) is 89.2 Å². The van der Waals surface area contributed by atoms with Crippen molar-refractivity contribution in [1.82, 2.24) is 9.97 Å². The highest BCUT2D eigenvalue weighted by molar-refractivity contribution is 6.09. The second-order valence-electron chi connectivity index (χ2n) is 14.8. The summed E-state index contributed by atoms with van der Waals surface area (Å²) in [6, 6.07) is 69.5. The lowest BCUT2D eigenvalue weighted by Gasteiger charge is -2.30. The largest absolute Gasteiger partial charge is 0.455 e.